The lowest BCUT2D eigenvalue weighted by Gasteiger charge is -2.20. The van der Waals surface area contributed by atoms with Crippen LogP contribution in [0, 0.1) is 5.92 Å². The van der Waals surface area contributed by atoms with Crippen LogP contribution in [0.1, 0.15) is 19.3 Å². The van der Waals surface area contributed by atoms with Crippen molar-refractivity contribution < 1.29 is 4.79 Å². The number of carbonyl (C=O) groups is 1. The van der Waals surface area contributed by atoms with E-state index in [1.54, 1.807) is 6.08 Å². The number of thioether (sulfide) groups is 1. The molecule has 1 saturated heterocycles. The molecule has 0 spiro atoms. The molecule has 0 aromatic heterocycles. The largest absolute Gasteiger partial charge is 0.353 e. The van der Waals surface area contributed by atoms with Gasteiger partial charge in [-0.25, -0.2) is 0 Å². The van der Waals surface area contributed by atoms with Crippen molar-refractivity contribution in [3.63, 3.8) is 0 Å². The molecular weight excluding hydrogens is 182 g/mol. The fourth-order valence-electron chi connectivity index (χ4n) is 1.47. The second-order valence-electron chi connectivity index (χ2n) is 3.35. The Balaban J connectivity index is 2.14. The second-order valence-corrected chi connectivity index (χ2v) is 4.58. The summed E-state index contributed by atoms with van der Waals surface area (Å²) in [5.41, 5.74) is 0. The van der Waals surface area contributed by atoms with Crippen LogP contribution in [0.2, 0.25) is 0 Å². The Morgan fingerprint density at radius 3 is 2.85 bits per heavy atom. The second kappa shape index (κ2) is 6.08. The van der Waals surface area contributed by atoms with Crippen molar-refractivity contribution in [2.75, 3.05) is 18.1 Å². The van der Waals surface area contributed by atoms with Crippen molar-refractivity contribution in [1.29, 1.82) is 0 Å². The van der Waals surface area contributed by atoms with Gasteiger partial charge in [-0.3, -0.25) is 4.79 Å². The monoisotopic (exact) mass is 199 g/mol. The lowest BCUT2D eigenvalue weighted by Crippen LogP contribution is -2.26. The van der Waals surface area contributed by atoms with E-state index in [2.05, 4.69) is 11.9 Å². The molecule has 0 radical (unpaired) electrons. The molecule has 1 rings (SSSR count). The van der Waals surface area contributed by atoms with Crippen molar-refractivity contribution in [2.45, 2.75) is 19.3 Å². The molecule has 13 heavy (non-hydrogen) atoms. The highest BCUT2D eigenvalue weighted by Gasteiger charge is 2.16. The highest BCUT2D eigenvalue weighted by molar-refractivity contribution is 7.99. The van der Waals surface area contributed by atoms with E-state index in [4.69, 9.17) is 0 Å². The summed E-state index contributed by atoms with van der Waals surface area (Å²) in [6.45, 7) is 4.16. The molecule has 1 aliphatic rings. The van der Waals surface area contributed by atoms with Crippen LogP contribution in [-0.4, -0.2) is 24.0 Å². The van der Waals surface area contributed by atoms with Gasteiger partial charge in [-0.05, 0) is 30.3 Å². The van der Waals surface area contributed by atoms with Crippen molar-refractivity contribution in [3.05, 3.63) is 12.7 Å². The van der Waals surface area contributed by atoms with E-state index in [1.807, 2.05) is 11.8 Å². The van der Waals surface area contributed by atoms with Crippen LogP contribution < -0.4 is 5.32 Å². The molecule has 1 heterocycles. The third-order valence-corrected chi connectivity index (χ3v) is 3.31. The molecule has 0 aromatic carbocycles. The van der Waals surface area contributed by atoms with Crippen molar-refractivity contribution >= 4 is 17.7 Å². The maximum Gasteiger partial charge on any atom is 0.220 e. The highest BCUT2D eigenvalue weighted by atomic mass is 32.2. The van der Waals surface area contributed by atoms with Gasteiger partial charge in [-0.1, -0.05) is 6.08 Å². The molecule has 1 amide bonds. The molecule has 0 aliphatic carbocycles. The Labute approximate surface area is 84.2 Å². The molecule has 0 bridgehead atoms. The van der Waals surface area contributed by atoms with E-state index in [1.165, 1.54) is 24.3 Å². The van der Waals surface area contributed by atoms with E-state index >= 15 is 0 Å². The first kappa shape index (κ1) is 10.6. The Bertz CT molecular complexity index is 176. The van der Waals surface area contributed by atoms with Crippen molar-refractivity contribution in [1.82, 2.24) is 5.32 Å². The van der Waals surface area contributed by atoms with Crippen LogP contribution in [0.15, 0.2) is 12.7 Å². The summed E-state index contributed by atoms with van der Waals surface area (Å²) >= 11 is 2.00. The third kappa shape index (κ3) is 4.36. The third-order valence-electron chi connectivity index (χ3n) is 2.26. The molecule has 74 valence electrons. The quantitative estimate of drug-likeness (QED) is 0.700. The van der Waals surface area contributed by atoms with Gasteiger partial charge in [-0.2, -0.15) is 11.8 Å². The van der Waals surface area contributed by atoms with Gasteiger partial charge >= 0.3 is 0 Å². The van der Waals surface area contributed by atoms with Gasteiger partial charge in [0.05, 0.1) is 0 Å². The summed E-state index contributed by atoms with van der Waals surface area (Å²) in [4.78, 5) is 11.3. The van der Waals surface area contributed by atoms with E-state index in [9.17, 15) is 4.79 Å². The summed E-state index contributed by atoms with van der Waals surface area (Å²) in [5, 5.41) is 2.82. The van der Waals surface area contributed by atoms with Crippen LogP contribution in [0.3, 0.4) is 0 Å². The molecule has 1 fully saturated rings. The Morgan fingerprint density at radius 1 is 1.54 bits per heavy atom. The molecule has 3 heteroatoms. The highest BCUT2D eigenvalue weighted by Crippen LogP contribution is 2.24. The van der Waals surface area contributed by atoms with Crippen molar-refractivity contribution in [3.8, 4) is 0 Å². The fourth-order valence-corrected chi connectivity index (χ4v) is 2.68. The van der Waals surface area contributed by atoms with Crippen LogP contribution in [0.5, 0.6) is 0 Å². The summed E-state index contributed by atoms with van der Waals surface area (Å²) < 4.78 is 0. The minimum Gasteiger partial charge on any atom is -0.353 e. The SMILES string of the molecule is C=CCNC(=O)CC1CCSCC1. The fraction of sp³-hybridized carbons (Fsp3) is 0.700. The lowest BCUT2D eigenvalue weighted by molar-refractivity contribution is -0.121. The summed E-state index contributed by atoms with van der Waals surface area (Å²) in [6, 6.07) is 0. The molecule has 0 unspecified atom stereocenters. The minimum atomic E-state index is 0.178. The normalized spacial score (nSPS) is 18.2. The first-order chi connectivity index (χ1) is 6.33. The molecular formula is C10H17NOS. The number of rotatable bonds is 4. The lowest BCUT2D eigenvalue weighted by atomic mass is 9.98. The minimum absolute atomic E-state index is 0.178. The van der Waals surface area contributed by atoms with Crippen LogP contribution in [0.25, 0.3) is 0 Å². The van der Waals surface area contributed by atoms with Gasteiger partial charge in [0, 0.05) is 13.0 Å². The van der Waals surface area contributed by atoms with Gasteiger partial charge in [-0.15, -0.1) is 6.58 Å². The van der Waals surface area contributed by atoms with E-state index in [-0.39, 0.29) is 5.91 Å². The molecule has 1 aliphatic heterocycles. The van der Waals surface area contributed by atoms with E-state index in [0.29, 0.717) is 18.9 Å². The zero-order valence-corrected chi connectivity index (χ0v) is 8.74. The van der Waals surface area contributed by atoms with E-state index in [0.717, 1.165) is 0 Å². The smallest absolute Gasteiger partial charge is 0.220 e. The van der Waals surface area contributed by atoms with Gasteiger partial charge in [0.1, 0.15) is 0 Å². The molecule has 0 aromatic rings. The van der Waals surface area contributed by atoms with Crippen LogP contribution in [0.4, 0.5) is 0 Å². The molecule has 0 atom stereocenters. The average molecular weight is 199 g/mol. The van der Waals surface area contributed by atoms with Crippen LogP contribution in [-0.2, 0) is 4.79 Å². The van der Waals surface area contributed by atoms with Gasteiger partial charge < -0.3 is 5.32 Å². The first-order valence-corrected chi connectivity index (χ1v) is 5.93. The first-order valence-electron chi connectivity index (χ1n) is 4.78. The van der Waals surface area contributed by atoms with Gasteiger partial charge in [0.25, 0.3) is 0 Å². The molecule has 2 nitrogen and oxygen atoms in total. The number of carbonyl (C=O) groups excluding carboxylic acids is 1. The Kier molecular flexibility index (Phi) is 4.98. The van der Waals surface area contributed by atoms with Gasteiger partial charge in [0.2, 0.25) is 5.91 Å². The Morgan fingerprint density at radius 2 is 2.23 bits per heavy atom. The van der Waals surface area contributed by atoms with E-state index < -0.39 is 0 Å². The zero-order valence-electron chi connectivity index (χ0n) is 7.92. The predicted octanol–water partition coefficient (Wildman–Crippen LogP) is 1.82. The van der Waals surface area contributed by atoms with Crippen molar-refractivity contribution in [2.24, 2.45) is 5.92 Å². The maximum absolute atomic E-state index is 11.3. The number of hydrogen-bond donors (Lipinski definition) is 1. The Hall–Kier alpha value is -0.440. The standard InChI is InChI=1S/C10H17NOS/c1-2-5-11-10(12)8-9-3-6-13-7-4-9/h2,9H,1,3-8H2,(H,11,12). The molecule has 1 N–H and O–H groups in total. The molecule has 0 saturated carbocycles. The topological polar surface area (TPSA) is 29.1 Å². The predicted molar refractivity (Wildman–Crippen MR) is 57.9 cm³/mol. The van der Waals surface area contributed by atoms with Crippen LogP contribution >= 0.6 is 11.8 Å². The number of hydrogen-bond acceptors (Lipinski definition) is 2. The van der Waals surface area contributed by atoms with Gasteiger partial charge in [0.15, 0.2) is 0 Å². The number of nitrogens with one attached hydrogen (secondary N) is 1. The zero-order chi connectivity index (χ0) is 9.52. The summed E-state index contributed by atoms with van der Waals surface area (Å²) in [6.07, 6.45) is 4.82. The average Bonchev–Trinajstić information content (AvgIpc) is 2.16. The number of amides is 1. The summed E-state index contributed by atoms with van der Waals surface area (Å²) in [7, 11) is 0. The maximum atomic E-state index is 11.3. The summed E-state index contributed by atoms with van der Waals surface area (Å²) in [5.74, 6) is 3.24.